The van der Waals surface area contributed by atoms with Crippen LogP contribution in [-0.4, -0.2) is 7.11 Å². The van der Waals surface area contributed by atoms with Crippen molar-refractivity contribution in [3.8, 4) is 16.9 Å². The van der Waals surface area contributed by atoms with Gasteiger partial charge in [-0.15, -0.1) is 0 Å². The van der Waals surface area contributed by atoms with Gasteiger partial charge in [-0.25, -0.2) is 13.2 Å². The van der Waals surface area contributed by atoms with Gasteiger partial charge in [-0.05, 0) is 29.8 Å². The molecule has 0 fully saturated rings. The van der Waals surface area contributed by atoms with Gasteiger partial charge >= 0.3 is 0 Å². The average molecular weight is 238 g/mol. The van der Waals surface area contributed by atoms with Crippen LogP contribution < -0.4 is 4.74 Å². The van der Waals surface area contributed by atoms with Crippen LogP contribution in [0.5, 0.6) is 5.75 Å². The molecule has 0 heterocycles. The van der Waals surface area contributed by atoms with Crippen molar-refractivity contribution in [2.24, 2.45) is 0 Å². The van der Waals surface area contributed by atoms with Gasteiger partial charge in [-0.1, -0.05) is 12.1 Å². The standard InChI is InChI=1S/C13H9F3O/c1-17-9-4-2-8(3-5-9)12-10(14)6-7-11(15)13(12)16/h2-7H,1H3. The summed E-state index contributed by atoms with van der Waals surface area (Å²) in [6.45, 7) is 0. The summed E-state index contributed by atoms with van der Waals surface area (Å²) in [6.07, 6.45) is 0. The molecule has 0 aliphatic heterocycles. The number of rotatable bonds is 2. The quantitative estimate of drug-likeness (QED) is 0.723. The molecule has 0 amide bonds. The van der Waals surface area contributed by atoms with Gasteiger partial charge in [-0.2, -0.15) is 0 Å². The summed E-state index contributed by atoms with van der Waals surface area (Å²) in [4.78, 5) is 0. The van der Waals surface area contributed by atoms with Crippen molar-refractivity contribution in [3.63, 3.8) is 0 Å². The zero-order valence-electron chi connectivity index (χ0n) is 9.01. The lowest BCUT2D eigenvalue weighted by Crippen LogP contribution is -1.94. The van der Waals surface area contributed by atoms with Gasteiger partial charge < -0.3 is 4.74 Å². The lowest BCUT2D eigenvalue weighted by atomic mass is 10.0. The zero-order chi connectivity index (χ0) is 12.4. The van der Waals surface area contributed by atoms with Gasteiger partial charge in [0.2, 0.25) is 0 Å². The molecule has 0 radical (unpaired) electrons. The minimum absolute atomic E-state index is 0.264. The summed E-state index contributed by atoms with van der Waals surface area (Å²) in [5.74, 6) is -2.49. The Morgan fingerprint density at radius 2 is 1.41 bits per heavy atom. The van der Waals surface area contributed by atoms with E-state index in [1.165, 1.54) is 19.2 Å². The first-order chi connectivity index (χ1) is 8.13. The minimum atomic E-state index is -1.19. The van der Waals surface area contributed by atoms with E-state index in [9.17, 15) is 13.2 Å². The highest BCUT2D eigenvalue weighted by atomic mass is 19.2. The van der Waals surface area contributed by atoms with Crippen LogP contribution >= 0.6 is 0 Å². The van der Waals surface area contributed by atoms with Crippen molar-refractivity contribution < 1.29 is 17.9 Å². The van der Waals surface area contributed by atoms with Gasteiger partial charge in [0, 0.05) is 0 Å². The highest BCUT2D eigenvalue weighted by Crippen LogP contribution is 2.28. The molecule has 0 aliphatic carbocycles. The van der Waals surface area contributed by atoms with E-state index in [1.54, 1.807) is 12.1 Å². The van der Waals surface area contributed by atoms with Crippen LogP contribution in [0.1, 0.15) is 0 Å². The first-order valence-electron chi connectivity index (χ1n) is 4.91. The van der Waals surface area contributed by atoms with Crippen LogP contribution in [0.2, 0.25) is 0 Å². The molecule has 2 aromatic carbocycles. The van der Waals surface area contributed by atoms with Crippen molar-refractivity contribution in [1.29, 1.82) is 0 Å². The molecule has 0 bridgehead atoms. The van der Waals surface area contributed by atoms with E-state index in [2.05, 4.69) is 0 Å². The number of hydrogen-bond acceptors (Lipinski definition) is 1. The number of halogens is 3. The summed E-state index contributed by atoms with van der Waals surface area (Å²) in [7, 11) is 1.48. The van der Waals surface area contributed by atoms with Crippen LogP contribution in [0.25, 0.3) is 11.1 Å². The van der Waals surface area contributed by atoms with Gasteiger partial charge in [0.25, 0.3) is 0 Å². The Balaban J connectivity index is 2.55. The van der Waals surface area contributed by atoms with Gasteiger partial charge in [0.05, 0.1) is 12.7 Å². The maximum absolute atomic E-state index is 13.5. The fraction of sp³-hybridized carbons (Fsp3) is 0.0769. The monoisotopic (exact) mass is 238 g/mol. The molecule has 1 nitrogen and oxygen atoms in total. The molecule has 88 valence electrons. The third kappa shape index (κ3) is 2.11. The Hall–Kier alpha value is -1.97. The van der Waals surface area contributed by atoms with Crippen molar-refractivity contribution in [2.45, 2.75) is 0 Å². The van der Waals surface area contributed by atoms with E-state index in [0.717, 1.165) is 12.1 Å². The van der Waals surface area contributed by atoms with Crippen LogP contribution in [0.4, 0.5) is 13.2 Å². The first kappa shape index (κ1) is 11.5. The highest BCUT2D eigenvalue weighted by Gasteiger charge is 2.15. The smallest absolute Gasteiger partial charge is 0.169 e. The largest absolute Gasteiger partial charge is 0.497 e. The van der Waals surface area contributed by atoms with E-state index in [-0.39, 0.29) is 11.1 Å². The molecule has 17 heavy (non-hydrogen) atoms. The van der Waals surface area contributed by atoms with E-state index >= 15 is 0 Å². The third-order valence-electron chi connectivity index (χ3n) is 2.42. The molecule has 0 saturated heterocycles. The lowest BCUT2D eigenvalue weighted by Gasteiger charge is -2.07. The molecule has 0 saturated carbocycles. The number of ether oxygens (including phenoxy) is 1. The van der Waals surface area contributed by atoms with Crippen LogP contribution in [-0.2, 0) is 0 Å². The van der Waals surface area contributed by atoms with Gasteiger partial charge in [-0.3, -0.25) is 0 Å². The maximum atomic E-state index is 13.5. The predicted molar refractivity (Wildman–Crippen MR) is 58.3 cm³/mol. The molecule has 0 atom stereocenters. The Bertz CT molecular complexity index is 535. The number of hydrogen-bond donors (Lipinski definition) is 0. The SMILES string of the molecule is COc1ccc(-c2c(F)ccc(F)c2F)cc1. The topological polar surface area (TPSA) is 9.23 Å². The molecule has 4 heteroatoms. The van der Waals surface area contributed by atoms with E-state index in [4.69, 9.17) is 4.74 Å². The van der Waals surface area contributed by atoms with Crippen molar-refractivity contribution in [3.05, 3.63) is 53.8 Å². The molecule has 0 spiro atoms. The molecule has 2 aromatic rings. The van der Waals surface area contributed by atoms with Crippen LogP contribution in [0.3, 0.4) is 0 Å². The summed E-state index contributed by atoms with van der Waals surface area (Å²) >= 11 is 0. The third-order valence-corrected chi connectivity index (χ3v) is 2.42. The summed E-state index contributed by atoms with van der Waals surface area (Å²) in [5, 5.41) is 0. The summed E-state index contributed by atoms with van der Waals surface area (Å²) < 4.78 is 44.9. The van der Waals surface area contributed by atoms with Crippen molar-refractivity contribution in [1.82, 2.24) is 0 Å². The number of methoxy groups -OCH3 is 1. The molecule has 0 N–H and O–H groups in total. The highest BCUT2D eigenvalue weighted by molar-refractivity contribution is 5.65. The van der Waals surface area contributed by atoms with E-state index in [0.29, 0.717) is 5.75 Å². The zero-order valence-corrected chi connectivity index (χ0v) is 9.01. The summed E-state index contributed by atoms with van der Waals surface area (Å²) in [5.41, 5.74) is -0.104. The Labute approximate surface area is 96.5 Å². The fourth-order valence-electron chi connectivity index (χ4n) is 1.55. The second-order valence-electron chi connectivity index (χ2n) is 3.45. The molecule has 2 rings (SSSR count). The van der Waals surface area contributed by atoms with Crippen molar-refractivity contribution in [2.75, 3.05) is 7.11 Å². The van der Waals surface area contributed by atoms with Crippen LogP contribution in [0.15, 0.2) is 36.4 Å². The van der Waals surface area contributed by atoms with E-state index < -0.39 is 17.5 Å². The first-order valence-corrected chi connectivity index (χ1v) is 4.91. The Kier molecular flexibility index (Phi) is 3.04. The molecular weight excluding hydrogens is 229 g/mol. The maximum Gasteiger partial charge on any atom is 0.169 e. The van der Waals surface area contributed by atoms with Gasteiger partial charge in [0.1, 0.15) is 11.6 Å². The molecule has 0 aromatic heterocycles. The average Bonchev–Trinajstić information content (AvgIpc) is 2.35. The second-order valence-corrected chi connectivity index (χ2v) is 3.45. The minimum Gasteiger partial charge on any atom is -0.497 e. The Morgan fingerprint density at radius 1 is 0.824 bits per heavy atom. The molecule has 0 unspecified atom stereocenters. The van der Waals surface area contributed by atoms with E-state index in [1.807, 2.05) is 0 Å². The Morgan fingerprint density at radius 3 is 2.00 bits per heavy atom. The normalized spacial score (nSPS) is 10.4. The van der Waals surface area contributed by atoms with Crippen LogP contribution in [0, 0.1) is 17.5 Å². The molecular formula is C13H9F3O. The fourth-order valence-corrected chi connectivity index (χ4v) is 1.55. The summed E-state index contributed by atoms with van der Waals surface area (Å²) in [6, 6.07) is 7.72. The van der Waals surface area contributed by atoms with Crippen molar-refractivity contribution >= 4 is 0 Å². The predicted octanol–water partition coefficient (Wildman–Crippen LogP) is 3.78. The lowest BCUT2D eigenvalue weighted by molar-refractivity contribution is 0.415. The second kappa shape index (κ2) is 4.49. The molecule has 0 aliphatic rings. The van der Waals surface area contributed by atoms with Gasteiger partial charge in [0.15, 0.2) is 11.6 Å². The number of benzene rings is 2.